The summed E-state index contributed by atoms with van der Waals surface area (Å²) in [6.45, 7) is 5.88. The van der Waals surface area contributed by atoms with Crippen molar-refractivity contribution in [1.29, 1.82) is 0 Å². The molecule has 0 aliphatic carbocycles. The maximum Gasteiger partial charge on any atom is 0.243 e. The summed E-state index contributed by atoms with van der Waals surface area (Å²) in [6, 6.07) is 0. The van der Waals surface area contributed by atoms with Crippen molar-refractivity contribution in [3.05, 3.63) is 18.7 Å². The first-order valence-electron chi connectivity index (χ1n) is 8.73. The van der Waals surface area contributed by atoms with Crippen LogP contribution in [0, 0.1) is 5.92 Å². The lowest BCUT2D eigenvalue weighted by Crippen LogP contribution is -2.23. The number of aryl methyl sites for hydroxylation is 2. The molecule has 0 saturated heterocycles. The van der Waals surface area contributed by atoms with E-state index in [1.54, 1.807) is 0 Å². The first kappa shape index (κ1) is 17.3. The predicted molar refractivity (Wildman–Crippen MR) is 86.6 cm³/mol. The van der Waals surface area contributed by atoms with E-state index in [9.17, 15) is 0 Å². The number of nitrogens with zero attached hydrogens (tertiary/aromatic N) is 2. The number of hydrogen-bond acceptors (Lipinski definition) is 0. The largest absolute Gasteiger partial charge is 0.243 e. The fraction of sp³-hybridized carbons (Fsp3) is 0.833. The quantitative estimate of drug-likeness (QED) is 0.381. The molecule has 1 aromatic heterocycles. The van der Waals surface area contributed by atoms with Gasteiger partial charge in [-0.15, -0.1) is 0 Å². The zero-order valence-electron chi connectivity index (χ0n) is 14.0. The molecule has 0 aliphatic rings. The van der Waals surface area contributed by atoms with E-state index in [2.05, 4.69) is 48.8 Å². The zero-order valence-corrected chi connectivity index (χ0v) is 14.0. The van der Waals surface area contributed by atoms with Crippen LogP contribution >= 0.6 is 0 Å². The Morgan fingerprint density at radius 2 is 1.60 bits per heavy atom. The zero-order chi connectivity index (χ0) is 14.6. The molecule has 1 aromatic rings. The molecular weight excluding hydrogens is 244 g/mol. The Morgan fingerprint density at radius 3 is 2.25 bits per heavy atom. The van der Waals surface area contributed by atoms with E-state index < -0.39 is 0 Å². The Labute approximate surface area is 126 Å². The molecule has 0 N–H and O–H groups in total. The summed E-state index contributed by atoms with van der Waals surface area (Å²) < 4.78 is 4.41. The van der Waals surface area contributed by atoms with Crippen LogP contribution < -0.4 is 4.57 Å². The minimum Gasteiger partial charge on any atom is -0.240 e. The summed E-state index contributed by atoms with van der Waals surface area (Å²) >= 11 is 0. The topological polar surface area (TPSA) is 8.81 Å². The fourth-order valence-corrected chi connectivity index (χ4v) is 2.85. The van der Waals surface area contributed by atoms with Gasteiger partial charge in [-0.05, 0) is 18.8 Å². The summed E-state index contributed by atoms with van der Waals surface area (Å²) in [4.78, 5) is 0. The van der Waals surface area contributed by atoms with Gasteiger partial charge < -0.3 is 0 Å². The summed E-state index contributed by atoms with van der Waals surface area (Å²) in [7, 11) is 2.08. The minimum atomic E-state index is 0.898. The van der Waals surface area contributed by atoms with Crippen LogP contribution in [0.15, 0.2) is 18.7 Å². The van der Waals surface area contributed by atoms with E-state index in [0.717, 1.165) is 5.92 Å². The SMILES string of the molecule is CCCCCCCCC[C@H](C)CCCn1cc[n+](C)c1. The third kappa shape index (κ3) is 8.39. The molecule has 0 fully saturated rings. The minimum absolute atomic E-state index is 0.898. The van der Waals surface area contributed by atoms with Crippen LogP contribution in [0.3, 0.4) is 0 Å². The van der Waals surface area contributed by atoms with Crippen LogP contribution in [0.2, 0.25) is 0 Å². The summed E-state index contributed by atoms with van der Waals surface area (Å²) in [5, 5.41) is 0. The maximum absolute atomic E-state index is 2.42. The number of unbranched alkanes of at least 4 members (excludes halogenated alkanes) is 6. The molecule has 1 rings (SSSR count). The van der Waals surface area contributed by atoms with Gasteiger partial charge in [0.15, 0.2) is 0 Å². The second-order valence-corrected chi connectivity index (χ2v) is 6.47. The van der Waals surface area contributed by atoms with E-state index in [1.165, 1.54) is 70.8 Å². The summed E-state index contributed by atoms with van der Waals surface area (Å²) in [6.07, 6.45) is 20.6. The van der Waals surface area contributed by atoms with E-state index in [4.69, 9.17) is 0 Å². The molecular formula is C18H35N2+. The molecule has 20 heavy (non-hydrogen) atoms. The molecule has 2 heteroatoms. The highest BCUT2D eigenvalue weighted by Gasteiger charge is 2.04. The molecule has 116 valence electrons. The first-order chi connectivity index (χ1) is 9.72. The average molecular weight is 279 g/mol. The van der Waals surface area contributed by atoms with Crippen LogP contribution in [0.25, 0.3) is 0 Å². The van der Waals surface area contributed by atoms with Crippen LogP contribution in [0.5, 0.6) is 0 Å². The molecule has 0 radical (unpaired) electrons. The molecule has 0 aliphatic heterocycles. The number of imidazole rings is 1. The van der Waals surface area contributed by atoms with Gasteiger partial charge in [0.25, 0.3) is 0 Å². The van der Waals surface area contributed by atoms with Crippen molar-refractivity contribution in [3.8, 4) is 0 Å². The molecule has 0 amide bonds. The van der Waals surface area contributed by atoms with E-state index in [-0.39, 0.29) is 0 Å². The van der Waals surface area contributed by atoms with Gasteiger partial charge in [0.2, 0.25) is 6.33 Å². The maximum atomic E-state index is 2.42. The lowest BCUT2D eigenvalue weighted by atomic mass is 9.97. The number of rotatable bonds is 12. The summed E-state index contributed by atoms with van der Waals surface area (Å²) in [5.41, 5.74) is 0. The van der Waals surface area contributed by atoms with Crippen molar-refractivity contribution >= 4 is 0 Å². The number of aromatic nitrogens is 2. The first-order valence-corrected chi connectivity index (χ1v) is 8.73. The molecule has 0 aromatic carbocycles. The van der Waals surface area contributed by atoms with E-state index in [1.807, 2.05) is 0 Å². The third-order valence-electron chi connectivity index (χ3n) is 4.24. The Bertz CT molecular complexity index is 330. The Hall–Kier alpha value is -0.790. The molecule has 2 nitrogen and oxygen atoms in total. The van der Waals surface area contributed by atoms with Crippen molar-refractivity contribution < 1.29 is 4.57 Å². The lowest BCUT2D eigenvalue weighted by Gasteiger charge is -2.10. The Balaban J connectivity index is 1.91. The summed E-state index contributed by atoms with van der Waals surface area (Å²) in [5.74, 6) is 0.898. The van der Waals surface area contributed by atoms with Gasteiger partial charge in [0.1, 0.15) is 12.4 Å². The van der Waals surface area contributed by atoms with Crippen LogP contribution in [-0.2, 0) is 13.6 Å². The second-order valence-electron chi connectivity index (χ2n) is 6.47. The van der Waals surface area contributed by atoms with Gasteiger partial charge in [0, 0.05) is 0 Å². The van der Waals surface area contributed by atoms with Crippen LogP contribution in [-0.4, -0.2) is 4.57 Å². The molecule has 0 saturated carbocycles. The Kier molecular flexibility index (Phi) is 9.44. The van der Waals surface area contributed by atoms with Gasteiger partial charge in [-0.1, -0.05) is 65.2 Å². The van der Waals surface area contributed by atoms with Gasteiger partial charge >= 0.3 is 0 Å². The van der Waals surface area contributed by atoms with Crippen molar-refractivity contribution in [2.24, 2.45) is 13.0 Å². The molecule has 0 unspecified atom stereocenters. The molecule has 0 bridgehead atoms. The highest BCUT2D eigenvalue weighted by molar-refractivity contribution is 4.66. The van der Waals surface area contributed by atoms with Crippen molar-refractivity contribution in [2.75, 3.05) is 0 Å². The van der Waals surface area contributed by atoms with Crippen molar-refractivity contribution in [1.82, 2.24) is 4.57 Å². The highest BCUT2D eigenvalue weighted by atomic mass is 15.1. The van der Waals surface area contributed by atoms with E-state index in [0.29, 0.717) is 0 Å². The smallest absolute Gasteiger partial charge is 0.240 e. The second kappa shape index (κ2) is 10.9. The third-order valence-corrected chi connectivity index (χ3v) is 4.24. The van der Waals surface area contributed by atoms with Gasteiger partial charge in [0.05, 0.1) is 13.6 Å². The molecule has 0 spiro atoms. The van der Waals surface area contributed by atoms with Crippen LogP contribution in [0.1, 0.15) is 78.1 Å². The van der Waals surface area contributed by atoms with Gasteiger partial charge in [-0.3, -0.25) is 0 Å². The lowest BCUT2D eigenvalue weighted by molar-refractivity contribution is -0.671. The fourth-order valence-electron chi connectivity index (χ4n) is 2.85. The average Bonchev–Trinajstić information content (AvgIpc) is 2.83. The highest BCUT2D eigenvalue weighted by Crippen LogP contribution is 2.16. The van der Waals surface area contributed by atoms with Gasteiger partial charge in [-0.2, -0.15) is 0 Å². The van der Waals surface area contributed by atoms with Crippen molar-refractivity contribution in [3.63, 3.8) is 0 Å². The van der Waals surface area contributed by atoms with E-state index >= 15 is 0 Å². The van der Waals surface area contributed by atoms with Crippen LogP contribution in [0.4, 0.5) is 0 Å². The Morgan fingerprint density at radius 1 is 0.950 bits per heavy atom. The van der Waals surface area contributed by atoms with Crippen molar-refractivity contribution in [2.45, 2.75) is 84.6 Å². The predicted octanol–water partition coefficient (Wildman–Crippen LogP) is 4.87. The molecule has 1 atom stereocenters. The van der Waals surface area contributed by atoms with Gasteiger partial charge in [-0.25, -0.2) is 9.13 Å². The standard InChI is InChI=1S/C18H35N2/c1-4-5-6-7-8-9-10-12-18(2)13-11-14-20-16-15-19(3)17-20/h15-18H,4-14H2,1-3H3/q+1/t18-/m0/s1. The number of hydrogen-bond donors (Lipinski definition) is 0. The normalized spacial score (nSPS) is 12.8. The monoisotopic (exact) mass is 279 g/mol. The molecule has 1 heterocycles.